The van der Waals surface area contributed by atoms with Crippen LogP contribution in [0.1, 0.15) is 5.56 Å². The molecule has 0 atom stereocenters. The third-order valence-corrected chi connectivity index (χ3v) is 2.53. The number of aromatic hydroxyl groups is 1. The molecule has 3 nitrogen and oxygen atoms in total. The first kappa shape index (κ1) is 13.7. The van der Waals surface area contributed by atoms with E-state index in [2.05, 4.69) is 4.74 Å². The third kappa shape index (κ3) is 3.01. The van der Waals surface area contributed by atoms with Crippen molar-refractivity contribution in [2.45, 2.75) is 6.36 Å². The van der Waals surface area contributed by atoms with Crippen LogP contribution in [0.3, 0.4) is 0 Å². The van der Waals surface area contributed by atoms with Crippen LogP contribution < -0.4 is 4.74 Å². The Morgan fingerprint density at radius 1 is 1.05 bits per heavy atom. The SMILES string of the molecule is N#Cc1ccc(O)c(-c2ccccc2OC(F)(F)F)c1. The molecule has 0 amide bonds. The first-order valence-corrected chi connectivity index (χ1v) is 5.49. The molecule has 0 aromatic heterocycles. The molecule has 0 fully saturated rings. The molecule has 0 radical (unpaired) electrons. The maximum absolute atomic E-state index is 12.3. The Morgan fingerprint density at radius 2 is 1.75 bits per heavy atom. The first-order chi connectivity index (χ1) is 9.40. The fourth-order valence-corrected chi connectivity index (χ4v) is 1.72. The predicted molar refractivity (Wildman–Crippen MR) is 64.9 cm³/mol. The van der Waals surface area contributed by atoms with Crippen molar-refractivity contribution in [3.63, 3.8) is 0 Å². The molecule has 0 aliphatic rings. The molecule has 0 unspecified atom stereocenters. The molecular weight excluding hydrogens is 271 g/mol. The molecule has 20 heavy (non-hydrogen) atoms. The van der Waals surface area contributed by atoms with Crippen molar-refractivity contribution in [2.75, 3.05) is 0 Å². The molecule has 102 valence electrons. The molecular formula is C14H8F3NO2. The Bertz CT molecular complexity index is 675. The number of hydrogen-bond donors (Lipinski definition) is 1. The number of nitrogens with zero attached hydrogens (tertiary/aromatic N) is 1. The van der Waals surface area contributed by atoms with E-state index in [1.807, 2.05) is 6.07 Å². The second-order valence-corrected chi connectivity index (χ2v) is 3.89. The summed E-state index contributed by atoms with van der Waals surface area (Å²) in [6, 6.07) is 11.2. The van der Waals surface area contributed by atoms with E-state index in [1.165, 1.54) is 36.4 Å². The van der Waals surface area contributed by atoms with E-state index >= 15 is 0 Å². The number of benzene rings is 2. The summed E-state index contributed by atoms with van der Waals surface area (Å²) >= 11 is 0. The van der Waals surface area contributed by atoms with Gasteiger partial charge in [0.25, 0.3) is 0 Å². The van der Waals surface area contributed by atoms with Gasteiger partial charge in [-0.2, -0.15) is 5.26 Å². The highest BCUT2D eigenvalue weighted by Crippen LogP contribution is 2.38. The zero-order valence-electron chi connectivity index (χ0n) is 9.98. The zero-order valence-corrected chi connectivity index (χ0v) is 9.98. The number of halogens is 3. The van der Waals surface area contributed by atoms with Gasteiger partial charge in [-0.05, 0) is 24.3 Å². The molecule has 1 N–H and O–H groups in total. The summed E-state index contributed by atoms with van der Waals surface area (Å²) in [6.07, 6.45) is -4.83. The fraction of sp³-hybridized carbons (Fsp3) is 0.0714. The van der Waals surface area contributed by atoms with Crippen molar-refractivity contribution in [3.05, 3.63) is 48.0 Å². The van der Waals surface area contributed by atoms with Crippen LogP contribution in [-0.4, -0.2) is 11.5 Å². The smallest absolute Gasteiger partial charge is 0.507 e. The van der Waals surface area contributed by atoms with Crippen molar-refractivity contribution < 1.29 is 23.0 Å². The summed E-state index contributed by atoms with van der Waals surface area (Å²) in [7, 11) is 0. The van der Waals surface area contributed by atoms with Gasteiger partial charge in [0.2, 0.25) is 0 Å². The molecule has 2 aromatic rings. The van der Waals surface area contributed by atoms with Gasteiger partial charge in [0, 0.05) is 11.1 Å². The highest BCUT2D eigenvalue weighted by atomic mass is 19.4. The monoisotopic (exact) mass is 279 g/mol. The second-order valence-electron chi connectivity index (χ2n) is 3.89. The Kier molecular flexibility index (Phi) is 3.53. The van der Waals surface area contributed by atoms with Crippen molar-refractivity contribution >= 4 is 0 Å². The van der Waals surface area contributed by atoms with Gasteiger partial charge in [0.05, 0.1) is 11.6 Å². The number of phenolic OH excluding ortho intramolecular Hbond substituents is 1. The molecule has 6 heteroatoms. The van der Waals surface area contributed by atoms with Gasteiger partial charge in [-0.1, -0.05) is 18.2 Å². The van der Waals surface area contributed by atoms with Crippen molar-refractivity contribution in [1.29, 1.82) is 5.26 Å². The lowest BCUT2D eigenvalue weighted by Gasteiger charge is -2.14. The van der Waals surface area contributed by atoms with Crippen LogP contribution in [0.4, 0.5) is 13.2 Å². The highest BCUT2D eigenvalue weighted by molar-refractivity contribution is 5.76. The van der Waals surface area contributed by atoms with E-state index in [9.17, 15) is 18.3 Å². The summed E-state index contributed by atoms with van der Waals surface area (Å²) in [5.74, 6) is -0.674. The van der Waals surface area contributed by atoms with E-state index in [1.54, 1.807) is 0 Å². The fourth-order valence-electron chi connectivity index (χ4n) is 1.72. The standard InChI is InChI=1S/C14H8F3NO2/c15-14(16,17)20-13-4-2-1-3-10(13)11-7-9(8-18)5-6-12(11)19/h1-7,19H. The maximum atomic E-state index is 12.3. The topological polar surface area (TPSA) is 53.2 Å². The normalized spacial score (nSPS) is 10.9. The number of nitriles is 1. The van der Waals surface area contributed by atoms with Crippen LogP contribution in [0.25, 0.3) is 11.1 Å². The van der Waals surface area contributed by atoms with Gasteiger partial charge < -0.3 is 9.84 Å². The zero-order chi connectivity index (χ0) is 14.8. The number of rotatable bonds is 2. The maximum Gasteiger partial charge on any atom is 0.573 e. The van der Waals surface area contributed by atoms with Gasteiger partial charge >= 0.3 is 6.36 Å². The molecule has 2 aromatic carbocycles. The number of phenols is 1. The van der Waals surface area contributed by atoms with Crippen LogP contribution in [0.2, 0.25) is 0 Å². The van der Waals surface area contributed by atoms with Gasteiger partial charge in [0.15, 0.2) is 0 Å². The molecule has 0 saturated heterocycles. The average Bonchev–Trinajstić information content (AvgIpc) is 2.38. The molecule has 0 aliphatic carbocycles. The van der Waals surface area contributed by atoms with E-state index in [0.29, 0.717) is 0 Å². The van der Waals surface area contributed by atoms with Crippen molar-refractivity contribution in [1.82, 2.24) is 0 Å². The first-order valence-electron chi connectivity index (χ1n) is 5.49. The molecule has 0 saturated carbocycles. The van der Waals surface area contributed by atoms with Crippen LogP contribution in [0.15, 0.2) is 42.5 Å². The lowest BCUT2D eigenvalue weighted by molar-refractivity contribution is -0.274. The lowest BCUT2D eigenvalue weighted by Crippen LogP contribution is -2.17. The van der Waals surface area contributed by atoms with Gasteiger partial charge in [0.1, 0.15) is 11.5 Å². The summed E-state index contributed by atoms with van der Waals surface area (Å²) in [5, 5.41) is 18.6. The molecule has 0 spiro atoms. The molecule has 2 rings (SSSR count). The number of ether oxygens (including phenoxy) is 1. The molecule has 0 bridgehead atoms. The summed E-state index contributed by atoms with van der Waals surface area (Å²) in [4.78, 5) is 0. The molecule has 0 heterocycles. The Balaban J connectivity index is 2.56. The van der Waals surface area contributed by atoms with E-state index in [-0.39, 0.29) is 22.4 Å². The average molecular weight is 279 g/mol. The molecule has 0 aliphatic heterocycles. The minimum Gasteiger partial charge on any atom is -0.507 e. The van der Waals surface area contributed by atoms with Gasteiger partial charge in [-0.15, -0.1) is 13.2 Å². The summed E-state index contributed by atoms with van der Waals surface area (Å²) in [5.41, 5.74) is 0.378. The van der Waals surface area contributed by atoms with E-state index in [0.717, 1.165) is 6.07 Å². The van der Waals surface area contributed by atoms with Gasteiger partial charge in [-0.25, -0.2) is 0 Å². The van der Waals surface area contributed by atoms with Crippen LogP contribution in [-0.2, 0) is 0 Å². The Hall–Kier alpha value is -2.68. The number of hydrogen-bond acceptors (Lipinski definition) is 3. The minimum absolute atomic E-state index is 0.0550. The largest absolute Gasteiger partial charge is 0.573 e. The van der Waals surface area contributed by atoms with E-state index in [4.69, 9.17) is 5.26 Å². The quantitative estimate of drug-likeness (QED) is 0.908. The van der Waals surface area contributed by atoms with Crippen LogP contribution in [0.5, 0.6) is 11.5 Å². The predicted octanol–water partition coefficient (Wildman–Crippen LogP) is 3.83. The number of alkyl halides is 3. The van der Waals surface area contributed by atoms with Gasteiger partial charge in [-0.3, -0.25) is 0 Å². The van der Waals surface area contributed by atoms with Crippen LogP contribution in [0, 0.1) is 11.3 Å². The minimum atomic E-state index is -4.83. The third-order valence-electron chi connectivity index (χ3n) is 2.53. The summed E-state index contributed by atoms with van der Waals surface area (Å²) < 4.78 is 41.0. The van der Waals surface area contributed by atoms with E-state index < -0.39 is 12.1 Å². The van der Waals surface area contributed by atoms with Crippen LogP contribution >= 0.6 is 0 Å². The van der Waals surface area contributed by atoms with Crippen molar-refractivity contribution in [2.24, 2.45) is 0 Å². The lowest BCUT2D eigenvalue weighted by atomic mass is 10.0. The number of para-hydroxylation sites is 1. The van der Waals surface area contributed by atoms with Crippen molar-refractivity contribution in [3.8, 4) is 28.7 Å². The highest BCUT2D eigenvalue weighted by Gasteiger charge is 2.32. The second kappa shape index (κ2) is 5.13. The Labute approximate surface area is 112 Å². The Morgan fingerprint density at radius 3 is 2.40 bits per heavy atom. The summed E-state index contributed by atoms with van der Waals surface area (Å²) in [6.45, 7) is 0.